The zero-order chi connectivity index (χ0) is 18.9. The van der Waals surface area contributed by atoms with Gasteiger partial charge in [0, 0.05) is 25.2 Å². The molecule has 0 aliphatic heterocycles. The number of nitrogens with one attached hydrogen (secondary N) is 2. The lowest BCUT2D eigenvalue weighted by molar-refractivity contribution is 0.683. The van der Waals surface area contributed by atoms with E-state index in [-0.39, 0.29) is 0 Å². The van der Waals surface area contributed by atoms with Crippen molar-refractivity contribution in [3.8, 4) is 0 Å². The largest absolute Gasteiger partial charge is 0.356 e. The molecule has 2 N–H and O–H groups in total. The molecule has 0 saturated heterocycles. The van der Waals surface area contributed by atoms with Gasteiger partial charge in [-0.15, -0.1) is 0 Å². The molecule has 0 amide bonds. The maximum absolute atomic E-state index is 6.02. The Morgan fingerprint density at radius 3 is 2.67 bits per heavy atom. The van der Waals surface area contributed by atoms with Crippen molar-refractivity contribution >= 4 is 17.6 Å². The molecule has 2 aromatic carbocycles. The molecule has 0 spiro atoms. The number of hydrogen-bond acceptors (Lipinski definition) is 3. The van der Waals surface area contributed by atoms with Crippen molar-refractivity contribution in [1.29, 1.82) is 0 Å². The third kappa shape index (κ3) is 6.11. The molecular formula is C20H23ClN6. The van der Waals surface area contributed by atoms with Crippen LogP contribution < -0.4 is 10.6 Å². The van der Waals surface area contributed by atoms with Gasteiger partial charge >= 0.3 is 0 Å². The second kappa shape index (κ2) is 9.73. The number of aliphatic imine (C=N–C) groups is 1. The summed E-state index contributed by atoms with van der Waals surface area (Å²) in [5.41, 5.74) is 3.57. The fourth-order valence-electron chi connectivity index (χ4n) is 2.76. The van der Waals surface area contributed by atoms with Crippen LogP contribution in [0, 0.1) is 0 Å². The SMILES string of the molecule is CN=C(NCCc1cccc(Cl)c1)NCc1cccc(Cn2cncn2)c1. The molecule has 0 fully saturated rings. The highest BCUT2D eigenvalue weighted by atomic mass is 35.5. The number of guanidine groups is 1. The third-order valence-corrected chi connectivity index (χ3v) is 4.32. The molecule has 7 heteroatoms. The fraction of sp³-hybridized carbons (Fsp3) is 0.250. The number of nitrogens with zero attached hydrogens (tertiary/aromatic N) is 4. The summed E-state index contributed by atoms with van der Waals surface area (Å²) < 4.78 is 1.81. The van der Waals surface area contributed by atoms with Crippen molar-refractivity contribution in [2.24, 2.45) is 4.99 Å². The molecule has 6 nitrogen and oxygen atoms in total. The summed E-state index contributed by atoms with van der Waals surface area (Å²) in [4.78, 5) is 8.26. The normalized spacial score (nSPS) is 11.4. The zero-order valence-corrected chi connectivity index (χ0v) is 16.0. The highest BCUT2D eigenvalue weighted by molar-refractivity contribution is 6.30. The first-order valence-corrected chi connectivity index (χ1v) is 9.20. The Hall–Kier alpha value is -2.86. The van der Waals surface area contributed by atoms with E-state index in [1.807, 2.05) is 22.9 Å². The molecule has 27 heavy (non-hydrogen) atoms. The third-order valence-electron chi connectivity index (χ3n) is 4.08. The van der Waals surface area contributed by atoms with Gasteiger partial charge < -0.3 is 10.6 Å². The highest BCUT2D eigenvalue weighted by Crippen LogP contribution is 2.10. The van der Waals surface area contributed by atoms with E-state index in [4.69, 9.17) is 11.6 Å². The smallest absolute Gasteiger partial charge is 0.191 e. The van der Waals surface area contributed by atoms with Crippen molar-refractivity contribution in [2.45, 2.75) is 19.5 Å². The van der Waals surface area contributed by atoms with Crippen molar-refractivity contribution in [3.05, 3.63) is 82.9 Å². The minimum absolute atomic E-state index is 0.696. The van der Waals surface area contributed by atoms with Gasteiger partial charge in [0.2, 0.25) is 0 Å². The summed E-state index contributed by atoms with van der Waals surface area (Å²) in [6.45, 7) is 2.19. The molecule has 0 bridgehead atoms. The predicted molar refractivity (Wildman–Crippen MR) is 109 cm³/mol. The lowest BCUT2D eigenvalue weighted by Crippen LogP contribution is -2.37. The molecule has 0 unspecified atom stereocenters. The topological polar surface area (TPSA) is 67.1 Å². The average Bonchev–Trinajstić information content (AvgIpc) is 3.18. The molecule has 3 aromatic rings. The van der Waals surface area contributed by atoms with E-state index in [0.29, 0.717) is 13.1 Å². The predicted octanol–water partition coefficient (Wildman–Crippen LogP) is 2.89. The van der Waals surface area contributed by atoms with Crippen LogP contribution in [0.25, 0.3) is 0 Å². The van der Waals surface area contributed by atoms with Crippen LogP contribution in [0.4, 0.5) is 0 Å². The Morgan fingerprint density at radius 1 is 1.07 bits per heavy atom. The molecule has 1 heterocycles. The van der Waals surface area contributed by atoms with Gasteiger partial charge in [-0.1, -0.05) is 48.0 Å². The van der Waals surface area contributed by atoms with Crippen LogP contribution in [0.3, 0.4) is 0 Å². The first kappa shape index (κ1) is 18.9. The highest BCUT2D eigenvalue weighted by Gasteiger charge is 2.02. The van der Waals surface area contributed by atoms with Crippen LogP contribution in [0.5, 0.6) is 0 Å². The van der Waals surface area contributed by atoms with Crippen molar-refractivity contribution in [3.63, 3.8) is 0 Å². The summed E-state index contributed by atoms with van der Waals surface area (Å²) in [5.74, 6) is 0.777. The molecule has 1 aromatic heterocycles. The minimum Gasteiger partial charge on any atom is -0.356 e. The molecule has 0 saturated carbocycles. The Balaban J connectivity index is 1.47. The van der Waals surface area contributed by atoms with Gasteiger partial charge in [-0.05, 0) is 35.2 Å². The molecule has 0 radical (unpaired) electrons. The number of hydrogen-bond donors (Lipinski definition) is 2. The Kier molecular flexibility index (Phi) is 6.82. The number of halogens is 1. The van der Waals surface area contributed by atoms with Crippen molar-refractivity contribution < 1.29 is 0 Å². The van der Waals surface area contributed by atoms with Crippen LogP contribution in [-0.2, 0) is 19.5 Å². The summed E-state index contributed by atoms with van der Waals surface area (Å²) in [7, 11) is 1.77. The standard InChI is InChI=1S/C20H23ClN6/c1-22-20(24-9-8-16-4-3-7-19(21)11-16)25-12-17-5-2-6-18(10-17)13-27-15-23-14-26-27/h2-7,10-11,14-15H,8-9,12-13H2,1H3,(H2,22,24,25). The van der Waals surface area contributed by atoms with E-state index in [9.17, 15) is 0 Å². The summed E-state index contributed by atoms with van der Waals surface area (Å²) in [5, 5.41) is 11.6. The molecule has 0 atom stereocenters. The number of aromatic nitrogens is 3. The fourth-order valence-corrected chi connectivity index (χ4v) is 2.98. The maximum atomic E-state index is 6.02. The van der Waals surface area contributed by atoms with Crippen LogP contribution in [0.15, 0.2) is 66.2 Å². The van der Waals surface area contributed by atoms with Crippen molar-refractivity contribution in [1.82, 2.24) is 25.4 Å². The van der Waals surface area contributed by atoms with Gasteiger partial charge in [0.25, 0.3) is 0 Å². The molecular weight excluding hydrogens is 360 g/mol. The van der Waals surface area contributed by atoms with E-state index in [0.717, 1.165) is 23.9 Å². The average molecular weight is 383 g/mol. The van der Waals surface area contributed by atoms with E-state index in [1.165, 1.54) is 16.7 Å². The van der Waals surface area contributed by atoms with E-state index in [1.54, 1.807) is 19.7 Å². The quantitative estimate of drug-likeness (QED) is 0.487. The van der Waals surface area contributed by atoms with Gasteiger partial charge in [-0.2, -0.15) is 5.10 Å². The van der Waals surface area contributed by atoms with Crippen LogP contribution in [-0.4, -0.2) is 34.3 Å². The van der Waals surface area contributed by atoms with Gasteiger partial charge in [0.15, 0.2) is 5.96 Å². The van der Waals surface area contributed by atoms with Gasteiger partial charge in [0.05, 0.1) is 6.54 Å². The second-order valence-corrected chi connectivity index (χ2v) is 6.58. The van der Waals surface area contributed by atoms with Gasteiger partial charge in [-0.25, -0.2) is 9.67 Å². The second-order valence-electron chi connectivity index (χ2n) is 6.15. The Bertz CT molecular complexity index is 876. The van der Waals surface area contributed by atoms with Crippen LogP contribution in [0.2, 0.25) is 5.02 Å². The molecule has 3 rings (SSSR count). The van der Waals surface area contributed by atoms with Crippen LogP contribution >= 0.6 is 11.6 Å². The van der Waals surface area contributed by atoms with E-state index < -0.39 is 0 Å². The number of benzene rings is 2. The van der Waals surface area contributed by atoms with Crippen molar-refractivity contribution in [2.75, 3.05) is 13.6 Å². The van der Waals surface area contributed by atoms with E-state index >= 15 is 0 Å². The first-order chi connectivity index (χ1) is 13.2. The van der Waals surface area contributed by atoms with Gasteiger partial charge in [0.1, 0.15) is 12.7 Å². The molecule has 140 valence electrons. The Labute approximate surface area is 164 Å². The summed E-state index contributed by atoms with van der Waals surface area (Å²) in [6.07, 6.45) is 4.15. The summed E-state index contributed by atoms with van der Waals surface area (Å²) in [6, 6.07) is 16.3. The minimum atomic E-state index is 0.696. The lowest BCUT2D eigenvalue weighted by atomic mass is 10.1. The monoisotopic (exact) mass is 382 g/mol. The first-order valence-electron chi connectivity index (χ1n) is 8.82. The van der Waals surface area contributed by atoms with Crippen LogP contribution in [0.1, 0.15) is 16.7 Å². The Morgan fingerprint density at radius 2 is 1.89 bits per heavy atom. The lowest BCUT2D eigenvalue weighted by Gasteiger charge is -2.13. The van der Waals surface area contributed by atoms with Gasteiger partial charge in [-0.3, -0.25) is 4.99 Å². The molecule has 0 aliphatic rings. The maximum Gasteiger partial charge on any atom is 0.191 e. The number of rotatable bonds is 7. The van der Waals surface area contributed by atoms with E-state index in [2.05, 4.69) is 56.0 Å². The zero-order valence-electron chi connectivity index (χ0n) is 15.3. The summed E-state index contributed by atoms with van der Waals surface area (Å²) >= 11 is 6.02. The molecule has 0 aliphatic carbocycles.